The van der Waals surface area contributed by atoms with Gasteiger partial charge in [0.05, 0.1) is 22.3 Å². The number of nitrogens with two attached hydrogens (primary N) is 2. The first kappa shape index (κ1) is 12.3. The van der Waals surface area contributed by atoms with Crippen molar-refractivity contribution in [2.75, 3.05) is 18.1 Å². The van der Waals surface area contributed by atoms with Crippen LogP contribution in [0.25, 0.3) is 11.3 Å². The van der Waals surface area contributed by atoms with Crippen molar-refractivity contribution in [1.29, 1.82) is 0 Å². The van der Waals surface area contributed by atoms with E-state index in [0.717, 1.165) is 17.5 Å². The van der Waals surface area contributed by atoms with Crippen molar-refractivity contribution in [3.05, 3.63) is 27.7 Å². The van der Waals surface area contributed by atoms with Crippen molar-refractivity contribution >= 4 is 35.0 Å². The van der Waals surface area contributed by atoms with Gasteiger partial charge in [-0.25, -0.2) is 4.98 Å². The zero-order valence-corrected chi connectivity index (χ0v) is 11.3. The molecule has 98 valence electrons. The molecule has 1 aliphatic rings. The van der Waals surface area contributed by atoms with Gasteiger partial charge in [-0.2, -0.15) is 4.98 Å². The van der Waals surface area contributed by atoms with Gasteiger partial charge < -0.3 is 16.2 Å². The molecule has 1 aromatic carbocycles. The van der Waals surface area contributed by atoms with Gasteiger partial charge in [0.1, 0.15) is 11.6 Å². The van der Waals surface area contributed by atoms with Gasteiger partial charge in [-0.1, -0.05) is 23.2 Å². The molecule has 4 N–H and O–H groups in total. The highest BCUT2D eigenvalue weighted by Gasteiger charge is 2.24. The molecule has 0 atom stereocenters. The molecule has 0 saturated heterocycles. The number of anilines is 2. The lowest BCUT2D eigenvalue weighted by molar-refractivity contribution is 0.357. The molecule has 0 unspecified atom stereocenters. The molecule has 0 saturated carbocycles. The Morgan fingerprint density at radius 1 is 1.11 bits per heavy atom. The van der Waals surface area contributed by atoms with Crippen molar-refractivity contribution in [2.45, 2.75) is 6.42 Å². The average Bonchev–Trinajstić information content (AvgIpc) is 2.76. The Hall–Kier alpha value is -1.72. The number of hydrogen-bond donors (Lipinski definition) is 2. The Balaban J connectivity index is 2.28. The van der Waals surface area contributed by atoms with E-state index in [1.54, 1.807) is 12.1 Å². The molecule has 1 aromatic heterocycles. The van der Waals surface area contributed by atoms with Gasteiger partial charge in [0.15, 0.2) is 0 Å². The highest BCUT2D eigenvalue weighted by Crippen LogP contribution is 2.44. The molecular weight excluding hydrogens is 287 g/mol. The van der Waals surface area contributed by atoms with E-state index in [-0.39, 0.29) is 5.95 Å². The molecule has 5 nitrogen and oxygen atoms in total. The van der Waals surface area contributed by atoms with Crippen LogP contribution in [0, 0.1) is 0 Å². The van der Waals surface area contributed by atoms with E-state index < -0.39 is 0 Å². The van der Waals surface area contributed by atoms with Gasteiger partial charge in [-0.05, 0) is 6.07 Å². The fraction of sp³-hybridized carbons (Fsp3) is 0.167. The van der Waals surface area contributed by atoms with Crippen LogP contribution in [0.4, 0.5) is 11.8 Å². The maximum atomic E-state index is 6.27. The molecule has 0 bridgehead atoms. The summed E-state index contributed by atoms with van der Waals surface area (Å²) in [5.74, 6) is 1.05. The lowest BCUT2D eigenvalue weighted by Gasteiger charge is -2.11. The summed E-state index contributed by atoms with van der Waals surface area (Å²) < 4.78 is 5.51. The molecule has 0 radical (unpaired) electrons. The van der Waals surface area contributed by atoms with Crippen LogP contribution in [-0.2, 0) is 6.42 Å². The number of aromatic nitrogens is 2. The third kappa shape index (κ3) is 2.05. The number of nitrogens with zero attached hydrogens (tertiary/aromatic N) is 2. The third-order valence-corrected chi connectivity index (χ3v) is 3.48. The molecule has 3 rings (SSSR count). The summed E-state index contributed by atoms with van der Waals surface area (Å²) in [4.78, 5) is 8.02. The van der Waals surface area contributed by atoms with Crippen LogP contribution in [0.5, 0.6) is 5.75 Å². The number of ether oxygens (including phenoxy) is 1. The summed E-state index contributed by atoms with van der Waals surface area (Å²) in [7, 11) is 0. The molecular formula is C12H10Cl2N4O. The number of hydrogen-bond acceptors (Lipinski definition) is 5. The normalized spacial score (nSPS) is 13.2. The summed E-state index contributed by atoms with van der Waals surface area (Å²) in [5, 5.41) is 0.989. The standard InChI is InChI=1S/C12H10Cl2N4O/c13-6-3-7(14)11-5(1-2-19-11)10(6)8-4-9(15)18-12(16)17-8/h3-4H,1-2H2,(H4,15,16,17,18). The molecule has 2 heterocycles. The second kappa shape index (κ2) is 4.43. The fourth-order valence-corrected chi connectivity index (χ4v) is 2.84. The second-order valence-electron chi connectivity index (χ2n) is 4.16. The summed E-state index contributed by atoms with van der Waals surface area (Å²) in [5.41, 5.74) is 13.6. The van der Waals surface area contributed by atoms with E-state index in [9.17, 15) is 0 Å². The molecule has 1 aliphatic heterocycles. The molecule has 19 heavy (non-hydrogen) atoms. The van der Waals surface area contributed by atoms with Gasteiger partial charge in [-0.15, -0.1) is 0 Å². The summed E-state index contributed by atoms with van der Waals surface area (Å²) in [6.07, 6.45) is 0.717. The Labute approximate surface area is 119 Å². The lowest BCUT2D eigenvalue weighted by Crippen LogP contribution is -2.01. The van der Waals surface area contributed by atoms with Crippen molar-refractivity contribution in [1.82, 2.24) is 9.97 Å². The van der Waals surface area contributed by atoms with E-state index in [1.807, 2.05) is 0 Å². The van der Waals surface area contributed by atoms with Crippen molar-refractivity contribution in [3.8, 4) is 17.0 Å². The minimum atomic E-state index is 0.105. The van der Waals surface area contributed by atoms with Crippen LogP contribution >= 0.6 is 23.2 Å². The summed E-state index contributed by atoms with van der Waals surface area (Å²) in [6.45, 7) is 0.568. The van der Waals surface area contributed by atoms with Gasteiger partial charge >= 0.3 is 0 Å². The SMILES string of the molecule is Nc1cc(-c2c(Cl)cc(Cl)c3c2CCO3)nc(N)n1. The largest absolute Gasteiger partial charge is 0.491 e. The molecule has 2 aromatic rings. The van der Waals surface area contributed by atoms with Gasteiger partial charge in [-0.3, -0.25) is 0 Å². The van der Waals surface area contributed by atoms with Gasteiger partial charge in [0.2, 0.25) is 5.95 Å². The number of nitrogen functional groups attached to an aromatic ring is 2. The van der Waals surface area contributed by atoms with Crippen molar-refractivity contribution in [2.24, 2.45) is 0 Å². The topological polar surface area (TPSA) is 87.0 Å². The van der Waals surface area contributed by atoms with E-state index in [2.05, 4.69) is 9.97 Å². The zero-order valence-electron chi connectivity index (χ0n) is 9.78. The minimum absolute atomic E-state index is 0.105. The van der Waals surface area contributed by atoms with Crippen LogP contribution in [0.3, 0.4) is 0 Å². The zero-order chi connectivity index (χ0) is 13.6. The van der Waals surface area contributed by atoms with E-state index in [4.69, 9.17) is 39.4 Å². The van der Waals surface area contributed by atoms with Crippen molar-refractivity contribution in [3.63, 3.8) is 0 Å². The molecule has 0 fully saturated rings. The van der Waals surface area contributed by atoms with E-state index in [0.29, 0.717) is 33.9 Å². The number of fused-ring (bicyclic) bond motifs is 1. The minimum Gasteiger partial charge on any atom is -0.491 e. The first-order chi connectivity index (χ1) is 9.06. The quantitative estimate of drug-likeness (QED) is 0.844. The lowest BCUT2D eigenvalue weighted by atomic mass is 10.0. The smallest absolute Gasteiger partial charge is 0.222 e. The average molecular weight is 297 g/mol. The van der Waals surface area contributed by atoms with Crippen LogP contribution in [0.2, 0.25) is 10.0 Å². The van der Waals surface area contributed by atoms with Crippen LogP contribution in [0.15, 0.2) is 12.1 Å². The van der Waals surface area contributed by atoms with E-state index in [1.165, 1.54) is 0 Å². The monoisotopic (exact) mass is 296 g/mol. The third-order valence-electron chi connectivity index (χ3n) is 2.90. The van der Waals surface area contributed by atoms with Crippen LogP contribution in [-0.4, -0.2) is 16.6 Å². The Morgan fingerprint density at radius 3 is 2.63 bits per heavy atom. The Morgan fingerprint density at radius 2 is 1.89 bits per heavy atom. The van der Waals surface area contributed by atoms with Gasteiger partial charge in [0.25, 0.3) is 0 Å². The first-order valence-corrected chi connectivity index (χ1v) is 6.36. The summed E-state index contributed by atoms with van der Waals surface area (Å²) >= 11 is 12.4. The second-order valence-corrected chi connectivity index (χ2v) is 4.97. The first-order valence-electron chi connectivity index (χ1n) is 5.60. The van der Waals surface area contributed by atoms with E-state index >= 15 is 0 Å². The highest BCUT2D eigenvalue weighted by atomic mass is 35.5. The molecule has 0 aliphatic carbocycles. The molecule has 0 amide bonds. The Kier molecular flexibility index (Phi) is 2.88. The molecule has 7 heteroatoms. The molecule has 0 spiro atoms. The fourth-order valence-electron chi connectivity index (χ4n) is 2.19. The number of rotatable bonds is 1. The van der Waals surface area contributed by atoms with Crippen LogP contribution in [0.1, 0.15) is 5.56 Å². The summed E-state index contributed by atoms with van der Waals surface area (Å²) in [6, 6.07) is 3.27. The van der Waals surface area contributed by atoms with Crippen molar-refractivity contribution < 1.29 is 4.74 Å². The van der Waals surface area contributed by atoms with Gasteiger partial charge in [0, 0.05) is 23.6 Å². The van der Waals surface area contributed by atoms with Crippen LogP contribution < -0.4 is 16.2 Å². The predicted molar refractivity (Wildman–Crippen MR) is 75.5 cm³/mol. The Bertz CT molecular complexity index is 655. The number of benzene rings is 1. The maximum Gasteiger partial charge on any atom is 0.222 e. The predicted octanol–water partition coefficient (Wildman–Crippen LogP) is 2.55. The number of halogens is 2. The highest BCUT2D eigenvalue weighted by molar-refractivity contribution is 6.37. The maximum absolute atomic E-state index is 6.27.